The Morgan fingerprint density at radius 2 is 1.81 bits per heavy atom. The number of rotatable bonds is 5. The van der Waals surface area contributed by atoms with E-state index < -0.39 is 17.5 Å². The van der Waals surface area contributed by atoms with E-state index in [9.17, 15) is 13.6 Å². The van der Waals surface area contributed by atoms with Gasteiger partial charge in [0.1, 0.15) is 23.6 Å². The lowest BCUT2D eigenvalue weighted by atomic mass is 10.2. The highest BCUT2D eigenvalue weighted by Crippen LogP contribution is 2.27. The summed E-state index contributed by atoms with van der Waals surface area (Å²) in [5.74, 6) is -1.73. The van der Waals surface area contributed by atoms with Gasteiger partial charge < -0.3 is 11.1 Å². The third-order valence-electron chi connectivity index (χ3n) is 3.48. The van der Waals surface area contributed by atoms with E-state index in [2.05, 4.69) is 26.1 Å². The van der Waals surface area contributed by atoms with Gasteiger partial charge in [0.2, 0.25) is 0 Å². The van der Waals surface area contributed by atoms with Crippen LogP contribution in [0.3, 0.4) is 0 Å². The molecular weight excluding hydrogens is 378 g/mol. The fourth-order valence-electron chi connectivity index (χ4n) is 2.14. The van der Waals surface area contributed by atoms with Gasteiger partial charge >= 0.3 is 0 Å². The maximum absolute atomic E-state index is 13.8. The third-order valence-corrected chi connectivity index (χ3v) is 3.81. The van der Waals surface area contributed by atoms with Gasteiger partial charge in [0.05, 0.1) is 16.3 Å². The van der Waals surface area contributed by atoms with Crippen molar-refractivity contribution >= 4 is 40.5 Å². The summed E-state index contributed by atoms with van der Waals surface area (Å²) in [4.78, 5) is 20.0. The Morgan fingerprint density at radius 3 is 2.59 bits per heavy atom. The van der Waals surface area contributed by atoms with Crippen molar-refractivity contribution in [2.75, 3.05) is 16.5 Å². The predicted octanol–water partition coefficient (Wildman–Crippen LogP) is 3.49. The lowest BCUT2D eigenvalue weighted by molar-refractivity contribution is 0.0962. The Balaban J connectivity index is 1.76. The van der Waals surface area contributed by atoms with Crippen LogP contribution in [0.4, 0.5) is 31.8 Å². The number of carbonyl (C=O) groups excluding carboxylic acids is 1. The van der Waals surface area contributed by atoms with E-state index in [1.807, 2.05) is 0 Å². The van der Waals surface area contributed by atoms with E-state index >= 15 is 0 Å². The van der Waals surface area contributed by atoms with E-state index in [1.165, 1.54) is 0 Å². The summed E-state index contributed by atoms with van der Waals surface area (Å²) >= 11 is 5.96. The van der Waals surface area contributed by atoms with E-state index in [1.54, 1.807) is 24.3 Å². The maximum atomic E-state index is 13.8. The number of anilines is 4. The van der Waals surface area contributed by atoms with Crippen LogP contribution in [0.5, 0.6) is 0 Å². The van der Waals surface area contributed by atoms with Gasteiger partial charge in [0.15, 0.2) is 11.6 Å². The number of halogens is 3. The molecule has 0 saturated carbocycles. The Bertz CT molecular complexity index is 1000. The molecule has 1 amide bonds. The van der Waals surface area contributed by atoms with Gasteiger partial charge in [-0.25, -0.2) is 18.7 Å². The highest BCUT2D eigenvalue weighted by Gasteiger charge is 2.13. The summed E-state index contributed by atoms with van der Waals surface area (Å²) in [7, 11) is 0. The SMILES string of the molecule is Nc1c(NNC(=O)c2ccccc2Cl)ncnc1Nc1cc(F)ccc1F. The second kappa shape index (κ2) is 7.83. The van der Waals surface area contributed by atoms with Crippen molar-refractivity contribution < 1.29 is 13.6 Å². The molecule has 0 unspecified atom stereocenters. The van der Waals surface area contributed by atoms with E-state index in [0.717, 1.165) is 24.5 Å². The molecule has 3 rings (SSSR count). The van der Waals surface area contributed by atoms with Gasteiger partial charge in [0, 0.05) is 6.07 Å². The van der Waals surface area contributed by atoms with Crippen LogP contribution >= 0.6 is 11.6 Å². The number of benzene rings is 2. The molecule has 1 aromatic heterocycles. The van der Waals surface area contributed by atoms with E-state index in [4.69, 9.17) is 17.3 Å². The van der Waals surface area contributed by atoms with Gasteiger partial charge in [-0.3, -0.25) is 15.6 Å². The maximum Gasteiger partial charge on any atom is 0.271 e. The normalized spacial score (nSPS) is 10.3. The summed E-state index contributed by atoms with van der Waals surface area (Å²) in [5.41, 5.74) is 11.0. The second-order valence-electron chi connectivity index (χ2n) is 5.29. The minimum Gasteiger partial charge on any atom is -0.393 e. The highest BCUT2D eigenvalue weighted by atomic mass is 35.5. The summed E-state index contributed by atoms with van der Waals surface area (Å²) in [6.07, 6.45) is 1.14. The zero-order valence-electron chi connectivity index (χ0n) is 13.6. The first kappa shape index (κ1) is 18.3. The molecule has 10 heteroatoms. The zero-order valence-corrected chi connectivity index (χ0v) is 14.4. The Labute approximate surface area is 157 Å². The Morgan fingerprint density at radius 1 is 1.07 bits per heavy atom. The molecule has 5 N–H and O–H groups in total. The number of hydrogen-bond donors (Lipinski definition) is 4. The Hall–Kier alpha value is -3.46. The Kier molecular flexibility index (Phi) is 5.32. The lowest BCUT2D eigenvalue weighted by Crippen LogP contribution is -2.30. The summed E-state index contributed by atoms with van der Waals surface area (Å²) in [5, 5.41) is 2.86. The minimum atomic E-state index is -0.684. The highest BCUT2D eigenvalue weighted by molar-refractivity contribution is 6.33. The van der Waals surface area contributed by atoms with Gasteiger partial charge in [-0.1, -0.05) is 23.7 Å². The van der Waals surface area contributed by atoms with Crippen LogP contribution in [0.25, 0.3) is 0 Å². The molecule has 0 aliphatic carbocycles. The van der Waals surface area contributed by atoms with E-state index in [-0.39, 0.29) is 33.6 Å². The molecule has 0 saturated heterocycles. The fraction of sp³-hybridized carbons (Fsp3) is 0. The van der Waals surface area contributed by atoms with Gasteiger partial charge in [0.25, 0.3) is 5.91 Å². The number of hydrazine groups is 1. The average Bonchev–Trinajstić information content (AvgIpc) is 2.65. The zero-order chi connectivity index (χ0) is 19.4. The van der Waals surface area contributed by atoms with Crippen molar-refractivity contribution in [3.05, 3.63) is 71.0 Å². The molecule has 27 heavy (non-hydrogen) atoms. The topological polar surface area (TPSA) is 105 Å². The number of nitrogens with two attached hydrogens (primary N) is 1. The molecular formula is C17H13ClF2N6O. The molecule has 0 fully saturated rings. The lowest BCUT2D eigenvalue weighted by Gasteiger charge is -2.14. The van der Waals surface area contributed by atoms with Crippen LogP contribution in [0.15, 0.2) is 48.8 Å². The van der Waals surface area contributed by atoms with Gasteiger partial charge in [-0.2, -0.15) is 0 Å². The number of carbonyl (C=O) groups is 1. The largest absolute Gasteiger partial charge is 0.393 e. The molecule has 138 valence electrons. The smallest absolute Gasteiger partial charge is 0.271 e. The molecule has 0 aliphatic rings. The first-order chi connectivity index (χ1) is 13.0. The average molecular weight is 391 g/mol. The molecule has 0 spiro atoms. The van der Waals surface area contributed by atoms with Crippen molar-refractivity contribution in [3.63, 3.8) is 0 Å². The molecule has 0 atom stereocenters. The molecule has 2 aromatic carbocycles. The molecule has 0 aliphatic heterocycles. The summed E-state index contributed by atoms with van der Waals surface area (Å²) in [6, 6.07) is 9.39. The van der Waals surface area contributed by atoms with Crippen LogP contribution < -0.4 is 21.9 Å². The van der Waals surface area contributed by atoms with Crippen LogP contribution in [-0.4, -0.2) is 15.9 Å². The number of nitrogen functional groups attached to an aromatic ring is 1. The molecule has 3 aromatic rings. The van der Waals surface area contributed by atoms with Crippen LogP contribution in [-0.2, 0) is 0 Å². The van der Waals surface area contributed by atoms with Crippen molar-refractivity contribution in [2.45, 2.75) is 0 Å². The van der Waals surface area contributed by atoms with Crippen molar-refractivity contribution in [1.29, 1.82) is 0 Å². The number of nitrogens with one attached hydrogen (secondary N) is 3. The minimum absolute atomic E-state index is 0.0133. The van der Waals surface area contributed by atoms with Crippen molar-refractivity contribution in [1.82, 2.24) is 15.4 Å². The summed E-state index contributed by atoms with van der Waals surface area (Å²) in [6.45, 7) is 0. The van der Waals surface area contributed by atoms with Crippen LogP contribution in [0.2, 0.25) is 5.02 Å². The first-order valence-corrected chi connectivity index (χ1v) is 7.97. The number of hydrogen-bond acceptors (Lipinski definition) is 6. The molecule has 0 radical (unpaired) electrons. The van der Waals surface area contributed by atoms with Crippen LogP contribution in [0, 0.1) is 11.6 Å². The third kappa shape index (κ3) is 4.21. The van der Waals surface area contributed by atoms with Crippen molar-refractivity contribution in [2.24, 2.45) is 0 Å². The predicted molar refractivity (Wildman–Crippen MR) is 98.6 cm³/mol. The van der Waals surface area contributed by atoms with Gasteiger partial charge in [-0.05, 0) is 24.3 Å². The fourth-order valence-corrected chi connectivity index (χ4v) is 2.37. The number of aromatic nitrogens is 2. The number of nitrogens with zero attached hydrogens (tertiary/aromatic N) is 2. The van der Waals surface area contributed by atoms with Crippen LogP contribution in [0.1, 0.15) is 10.4 Å². The number of amides is 1. The molecule has 0 bridgehead atoms. The standard InChI is InChI=1S/C17H13ClF2N6O/c18-11-4-2-1-3-10(11)17(27)26-25-16-14(21)15(22-8-23-16)24-13-7-9(19)5-6-12(13)20/h1-8H,21H2,(H,26,27)(H2,22,23,24,25). The van der Waals surface area contributed by atoms with Gasteiger partial charge in [-0.15, -0.1) is 0 Å². The summed E-state index contributed by atoms with van der Waals surface area (Å²) < 4.78 is 27.1. The quantitative estimate of drug-likeness (QED) is 0.497. The molecule has 7 nitrogen and oxygen atoms in total. The molecule has 1 heterocycles. The van der Waals surface area contributed by atoms with E-state index in [0.29, 0.717) is 0 Å². The van der Waals surface area contributed by atoms with Crippen molar-refractivity contribution in [3.8, 4) is 0 Å². The first-order valence-electron chi connectivity index (χ1n) is 7.59. The second-order valence-corrected chi connectivity index (χ2v) is 5.70. The monoisotopic (exact) mass is 390 g/mol.